The molecule has 4 heterocycles. The van der Waals surface area contributed by atoms with Crippen LogP contribution in [0.2, 0.25) is 0 Å². The second kappa shape index (κ2) is 8.76. The van der Waals surface area contributed by atoms with Crippen LogP contribution in [0.4, 0.5) is 5.88 Å². The molecule has 12 heteroatoms. The summed E-state index contributed by atoms with van der Waals surface area (Å²) in [5, 5.41) is 13.2. The van der Waals surface area contributed by atoms with Crippen molar-refractivity contribution < 1.29 is 23.2 Å². The third-order valence-electron chi connectivity index (χ3n) is 4.86. The number of esters is 1. The molecule has 1 aliphatic rings. The number of carbonyl (C=O) groups is 2. The van der Waals surface area contributed by atoms with Crippen LogP contribution in [0.5, 0.6) is 0 Å². The van der Waals surface area contributed by atoms with Gasteiger partial charge < -0.3 is 23.4 Å². The summed E-state index contributed by atoms with van der Waals surface area (Å²) in [6.45, 7) is 1.05. The SMILES string of the molecule is Cn1nc(C(=O)OCC(=O)N2CCN(c3oc(-c4ccco4)nc3C#N)CC2)ccc1=O. The van der Waals surface area contributed by atoms with Crippen LogP contribution in [0.3, 0.4) is 0 Å². The van der Waals surface area contributed by atoms with Crippen LogP contribution < -0.4 is 10.5 Å². The van der Waals surface area contributed by atoms with Crippen molar-refractivity contribution >= 4 is 17.8 Å². The number of hydrogen-bond donors (Lipinski definition) is 0. The summed E-state index contributed by atoms with van der Waals surface area (Å²) in [6, 6.07) is 7.82. The first-order valence-electron chi connectivity index (χ1n) is 9.65. The van der Waals surface area contributed by atoms with Crippen LogP contribution in [0.15, 0.2) is 44.2 Å². The fraction of sp³-hybridized carbons (Fsp3) is 0.300. The first kappa shape index (κ1) is 20.9. The maximum atomic E-state index is 12.4. The molecule has 0 N–H and O–H groups in total. The largest absolute Gasteiger partial charge is 0.459 e. The molecule has 0 aliphatic carbocycles. The van der Waals surface area contributed by atoms with Gasteiger partial charge in [0.15, 0.2) is 18.1 Å². The average Bonchev–Trinajstić information content (AvgIpc) is 3.49. The van der Waals surface area contributed by atoms with Gasteiger partial charge in [0.05, 0.1) is 6.26 Å². The van der Waals surface area contributed by atoms with Gasteiger partial charge in [-0.2, -0.15) is 15.3 Å². The third-order valence-corrected chi connectivity index (χ3v) is 4.86. The van der Waals surface area contributed by atoms with E-state index in [0.717, 1.165) is 4.68 Å². The van der Waals surface area contributed by atoms with Crippen molar-refractivity contribution in [1.29, 1.82) is 5.26 Å². The monoisotopic (exact) mass is 438 g/mol. The number of rotatable bonds is 5. The number of hydrogen-bond acceptors (Lipinski definition) is 10. The lowest BCUT2D eigenvalue weighted by Crippen LogP contribution is -2.50. The summed E-state index contributed by atoms with van der Waals surface area (Å²) < 4.78 is 17.0. The van der Waals surface area contributed by atoms with E-state index in [1.807, 2.05) is 11.0 Å². The van der Waals surface area contributed by atoms with Gasteiger partial charge in [-0.15, -0.1) is 0 Å². The molecule has 0 spiro atoms. The van der Waals surface area contributed by atoms with E-state index in [1.165, 1.54) is 25.4 Å². The Hall–Kier alpha value is -4.40. The highest BCUT2D eigenvalue weighted by molar-refractivity contribution is 5.89. The average molecular weight is 438 g/mol. The van der Waals surface area contributed by atoms with Gasteiger partial charge in [-0.3, -0.25) is 9.59 Å². The molecular formula is C20H18N6O6. The number of carbonyl (C=O) groups excluding carboxylic acids is 2. The van der Waals surface area contributed by atoms with E-state index in [2.05, 4.69) is 10.1 Å². The Balaban J connectivity index is 1.33. The van der Waals surface area contributed by atoms with Crippen molar-refractivity contribution in [2.75, 3.05) is 37.7 Å². The molecular weight excluding hydrogens is 420 g/mol. The lowest BCUT2D eigenvalue weighted by atomic mass is 10.3. The first-order valence-corrected chi connectivity index (χ1v) is 9.65. The number of nitriles is 1. The Bertz CT molecular complexity index is 1230. The van der Waals surface area contributed by atoms with Crippen molar-refractivity contribution in [3.8, 4) is 17.7 Å². The predicted molar refractivity (Wildman–Crippen MR) is 107 cm³/mol. The molecule has 1 aliphatic heterocycles. The van der Waals surface area contributed by atoms with E-state index in [-0.39, 0.29) is 28.7 Å². The van der Waals surface area contributed by atoms with Gasteiger partial charge in [-0.1, -0.05) is 0 Å². The highest BCUT2D eigenvalue weighted by atomic mass is 16.5. The molecule has 0 bridgehead atoms. The van der Waals surface area contributed by atoms with Crippen molar-refractivity contribution in [2.24, 2.45) is 7.05 Å². The molecule has 12 nitrogen and oxygen atoms in total. The maximum Gasteiger partial charge on any atom is 0.359 e. The highest BCUT2D eigenvalue weighted by Crippen LogP contribution is 2.29. The molecule has 0 aromatic carbocycles. The van der Waals surface area contributed by atoms with Crippen LogP contribution in [-0.2, 0) is 16.6 Å². The van der Waals surface area contributed by atoms with Crippen LogP contribution in [-0.4, -0.2) is 64.3 Å². The molecule has 0 atom stereocenters. The van der Waals surface area contributed by atoms with Gasteiger partial charge in [0, 0.05) is 39.3 Å². The zero-order valence-electron chi connectivity index (χ0n) is 17.1. The van der Waals surface area contributed by atoms with Crippen LogP contribution in [0.25, 0.3) is 11.7 Å². The van der Waals surface area contributed by atoms with Gasteiger partial charge in [-0.25, -0.2) is 9.48 Å². The van der Waals surface area contributed by atoms with Crippen molar-refractivity contribution in [3.63, 3.8) is 0 Å². The van der Waals surface area contributed by atoms with Crippen molar-refractivity contribution in [2.45, 2.75) is 0 Å². The fourth-order valence-corrected chi connectivity index (χ4v) is 3.17. The van der Waals surface area contributed by atoms with E-state index in [4.69, 9.17) is 13.6 Å². The Morgan fingerprint density at radius 1 is 1.22 bits per heavy atom. The standard InChI is InChI=1S/C20H18N6O6/c1-24-16(27)5-4-13(23-24)20(29)31-12-17(28)25-6-8-26(9-7-25)19-14(11-21)22-18(32-19)15-3-2-10-30-15/h2-5,10H,6-9,12H2,1H3. The van der Waals surface area contributed by atoms with E-state index in [0.29, 0.717) is 37.8 Å². The number of nitrogens with zero attached hydrogens (tertiary/aromatic N) is 6. The number of aromatic nitrogens is 3. The molecule has 3 aromatic heterocycles. The van der Waals surface area contributed by atoms with E-state index < -0.39 is 12.6 Å². The highest BCUT2D eigenvalue weighted by Gasteiger charge is 2.27. The minimum absolute atomic E-state index is 0.0635. The third kappa shape index (κ3) is 4.22. The number of anilines is 1. The van der Waals surface area contributed by atoms with Gasteiger partial charge in [-0.05, 0) is 18.2 Å². The zero-order chi connectivity index (χ0) is 22.7. The first-order chi connectivity index (χ1) is 15.5. The fourth-order valence-electron chi connectivity index (χ4n) is 3.17. The van der Waals surface area contributed by atoms with E-state index in [1.54, 1.807) is 17.0 Å². The number of piperazine rings is 1. The number of furan rings is 1. The van der Waals surface area contributed by atoms with Gasteiger partial charge in [0.1, 0.15) is 6.07 Å². The predicted octanol–water partition coefficient (Wildman–Crippen LogP) is 0.406. The molecule has 1 saturated heterocycles. The second-order valence-corrected chi connectivity index (χ2v) is 6.89. The topological polar surface area (TPSA) is 148 Å². The molecule has 1 amide bonds. The number of aryl methyl sites for hydroxylation is 1. The van der Waals surface area contributed by atoms with Gasteiger partial charge in [0.25, 0.3) is 17.4 Å². The summed E-state index contributed by atoms with van der Waals surface area (Å²) in [5.41, 5.74) is -0.292. The summed E-state index contributed by atoms with van der Waals surface area (Å²) in [4.78, 5) is 43.4. The lowest BCUT2D eigenvalue weighted by Gasteiger charge is -2.34. The number of oxazole rings is 1. The normalized spacial score (nSPS) is 13.6. The Morgan fingerprint density at radius 2 is 2.00 bits per heavy atom. The number of ether oxygens (including phenoxy) is 1. The van der Waals surface area contributed by atoms with E-state index in [9.17, 15) is 19.6 Å². The summed E-state index contributed by atoms with van der Waals surface area (Å²) in [7, 11) is 1.41. The smallest absolute Gasteiger partial charge is 0.359 e. The molecule has 4 rings (SSSR count). The van der Waals surface area contributed by atoms with Crippen LogP contribution >= 0.6 is 0 Å². The van der Waals surface area contributed by atoms with Gasteiger partial charge in [0.2, 0.25) is 11.6 Å². The molecule has 0 unspecified atom stereocenters. The van der Waals surface area contributed by atoms with Crippen LogP contribution in [0, 0.1) is 11.3 Å². The Morgan fingerprint density at radius 3 is 2.66 bits per heavy atom. The van der Waals surface area contributed by atoms with Gasteiger partial charge >= 0.3 is 5.97 Å². The maximum absolute atomic E-state index is 12.4. The number of amides is 1. The quantitative estimate of drug-likeness (QED) is 0.513. The second-order valence-electron chi connectivity index (χ2n) is 6.89. The molecule has 164 valence electrons. The minimum atomic E-state index is -0.793. The molecule has 0 saturated carbocycles. The summed E-state index contributed by atoms with van der Waals surface area (Å²) in [5.74, 6) is -0.218. The van der Waals surface area contributed by atoms with Crippen molar-refractivity contribution in [3.05, 3.63) is 52.3 Å². The minimum Gasteiger partial charge on any atom is -0.459 e. The Labute approximate surface area is 181 Å². The van der Waals surface area contributed by atoms with Crippen molar-refractivity contribution in [1.82, 2.24) is 19.7 Å². The molecule has 3 aromatic rings. The van der Waals surface area contributed by atoms with E-state index >= 15 is 0 Å². The summed E-state index contributed by atoms with van der Waals surface area (Å²) >= 11 is 0. The Kier molecular flexibility index (Phi) is 5.71. The lowest BCUT2D eigenvalue weighted by molar-refractivity contribution is -0.134. The molecule has 32 heavy (non-hydrogen) atoms. The molecule has 1 fully saturated rings. The molecule has 0 radical (unpaired) electrons. The van der Waals surface area contributed by atoms with Crippen LogP contribution in [0.1, 0.15) is 16.2 Å². The summed E-state index contributed by atoms with van der Waals surface area (Å²) in [6.07, 6.45) is 1.48. The zero-order valence-corrected chi connectivity index (χ0v) is 17.1.